The summed E-state index contributed by atoms with van der Waals surface area (Å²) in [4.78, 5) is 11.4. The van der Waals surface area contributed by atoms with Gasteiger partial charge in [0.05, 0.1) is 6.61 Å². The average Bonchev–Trinajstić information content (AvgIpc) is 2.17. The molecule has 0 aromatic rings. The molecule has 96 valence electrons. The quantitative estimate of drug-likeness (QED) is 0.510. The van der Waals surface area contributed by atoms with Crippen LogP contribution in [0.5, 0.6) is 0 Å². The third kappa shape index (κ3) is 6.80. The number of esters is 1. The van der Waals surface area contributed by atoms with Gasteiger partial charge < -0.3 is 15.2 Å². The molecule has 0 amide bonds. The van der Waals surface area contributed by atoms with Crippen molar-refractivity contribution in [3.8, 4) is 0 Å². The monoisotopic (exact) mass is 231 g/mol. The molecule has 0 rings (SSSR count). The minimum Gasteiger partial charge on any atom is -0.465 e. The lowest BCUT2D eigenvalue weighted by atomic mass is 10.0. The second-order valence-corrected chi connectivity index (χ2v) is 4.68. The van der Waals surface area contributed by atoms with Crippen LogP contribution in [0, 0.1) is 5.92 Å². The SMILES string of the molecule is CCOC(=O)C(C)(N)CCOCCC(C)C. The average molecular weight is 231 g/mol. The van der Waals surface area contributed by atoms with Gasteiger partial charge in [-0.15, -0.1) is 0 Å². The smallest absolute Gasteiger partial charge is 0.325 e. The Hall–Kier alpha value is -0.610. The van der Waals surface area contributed by atoms with Crippen molar-refractivity contribution >= 4 is 5.97 Å². The van der Waals surface area contributed by atoms with Crippen molar-refractivity contribution in [2.45, 2.75) is 46.1 Å². The first kappa shape index (κ1) is 15.4. The van der Waals surface area contributed by atoms with E-state index in [-0.39, 0.29) is 5.97 Å². The fourth-order valence-corrected chi connectivity index (χ4v) is 1.10. The van der Waals surface area contributed by atoms with E-state index in [2.05, 4.69) is 13.8 Å². The third-order valence-corrected chi connectivity index (χ3v) is 2.35. The molecule has 0 fully saturated rings. The number of rotatable bonds is 8. The van der Waals surface area contributed by atoms with Gasteiger partial charge in [0, 0.05) is 13.2 Å². The van der Waals surface area contributed by atoms with E-state index < -0.39 is 5.54 Å². The van der Waals surface area contributed by atoms with Crippen LogP contribution in [0.15, 0.2) is 0 Å². The summed E-state index contributed by atoms with van der Waals surface area (Å²) < 4.78 is 10.3. The minimum absolute atomic E-state index is 0.359. The van der Waals surface area contributed by atoms with Crippen LogP contribution in [0.4, 0.5) is 0 Å². The van der Waals surface area contributed by atoms with Gasteiger partial charge in [-0.05, 0) is 32.6 Å². The lowest BCUT2D eigenvalue weighted by Gasteiger charge is -2.22. The van der Waals surface area contributed by atoms with Gasteiger partial charge in [-0.1, -0.05) is 13.8 Å². The molecule has 0 aromatic carbocycles. The molecule has 2 N–H and O–H groups in total. The van der Waals surface area contributed by atoms with Gasteiger partial charge in [0.2, 0.25) is 0 Å². The van der Waals surface area contributed by atoms with Gasteiger partial charge in [0.25, 0.3) is 0 Å². The lowest BCUT2D eigenvalue weighted by molar-refractivity contribution is -0.149. The maximum Gasteiger partial charge on any atom is 0.325 e. The highest BCUT2D eigenvalue weighted by molar-refractivity contribution is 5.79. The molecule has 0 saturated carbocycles. The standard InChI is InChI=1S/C12H25NO3/c1-5-16-11(14)12(4,13)7-9-15-8-6-10(2)3/h10H,5-9,13H2,1-4H3. The largest absolute Gasteiger partial charge is 0.465 e. The van der Waals surface area contributed by atoms with Gasteiger partial charge in [0.1, 0.15) is 5.54 Å². The Labute approximate surface area is 98.5 Å². The maximum atomic E-state index is 11.4. The van der Waals surface area contributed by atoms with Crippen LogP contribution < -0.4 is 5.73 Å². The predicted molar refractivity (Wildman–Crippen MR) is 64.1 cm³/mol. The molecule has 0 spiro atoms. The fraction of sp³-hybridized carbons (Fsp3) is 0.917. The molecule has 1 atom stereocenters. The van der Waals surface area contributed by atoms with Crippen molar-refractivity contribution in [2.24, 2.45) is 11.7 Å². The topological polar surface area (TPSA) is 61.5 Å². The molecule has 0 aliphatic rings. The minimum atomic E-state index is -0.937. The first-order chi connectivity index (χ1) is 7.40. The van der Waals surface area contributed by atoms with E-state index >= 15 is 0 Å². The number of hydrogen-bond acceptors (Lipinski definition) is 4. The molecule has 0 heterocycles. The summed E-state index contributed by atoms with van der Waals surface area (Å²) in [6.07, 6.45) is 1.52. The van der Waals surface area contributed by atoms with Gasteiger partial charge in [-0.25, -0.2) is 0 Å². The van der Waals surface area contributed by atoms with Crippen LogP contribution in [0.3, 0.4) is 0 Å². The Morgan fingerprint density at radius 3 is 2.50 bits per heavy atom. The molecule has 4 heteroatoms. The van der Waals surface area contributed by atoms with E-state index in [9.17, 15) is 4.79 Å². The van der Waals surface area contributed by atoms with Crippen LogP contribution in [-0.2, 0) is 14.3 Å². The van der Waals surface area contributed by atoms with Gasteiger partial charge in [0.15, 0.2) is 0 Å². The van der Waals surface area contributed by atoms with Crippen LogP contribution in [-0.4, -0.2) is 31.3 Å². The normalized spacial score (nSPS) is 14.9. The van der Waals surface area contributed by atoms with E-state index in [0.29, 0.717) is 25.6 Å². The fourth-order valence-electron chi connectivity index (χ4n) is 1.10. The number of ether oxygens (including phenoxy) is 2. The van der Waals surface area contributed by atoms with Crippen LogP contribution >= 0.6 is 0 Å². The van der Waals surface area contributed by atoms with Gasteiger partial charge >= 0.3 is 5.97 Å². The second-order valence-electron chi connectivity index (χ2n) is 4.68. The summed E-state index contributed by atoms with van der Waals surface area (Å²) in [5, 5.41) is 0. The van der Waals surface area contributed by atoms with Crippen molar-refractivity contribution in [2.75, 3.05) is 19.8 Å². The Morgan fingerprint density at radius 1 is 1.38 bits per heavy atom. The summed E-state index contributed by atoms with van der Waals surface area (Å²) >= 11 is 0. The first-order valence-electron chi connectivity index (χ1n) is 5.94. The molecule has 0 bridgehead atoms. The highest BCUT2D eigenvalue weighted by atomic mass is 16.5. The zero-order valence-corrected chi connectivity index (χ0v) is 10.9. The third-order valence-electron chi connectivity index (χ3n) is 2.35. The molecule has 0 aliphatic carbocycles. The molecule has 0 saturated heterocycles. The lowest BCUT2D eigenvalue weighted by Crippen LogP contribution is -2.47. The van der Waals surface area contributed by atoms with Gasteiger partial charge in [-0.3, -0.25) is 4.79 Å². The molecule has 0 aliphatic heterocycles. The molecule has 1 unspecified atom stereocenters. The van der Waals surface area contributed by atoms with Gasteiger partial charge in [-0.2, -0.15) is 0 Å². The Bertz CT molecular complexity index is 202. The highest BCUT2D eigenvalue weighted by Gasteiger charge is 2.29. The zero-order valence-electron chi connectivity index (χ0n) is 10.9. The molecule has 4 nitrogen and oxygen atoms in total. The highest BCUT2D eigenvalue weighted by Crippen LogP contribution is 2.09. The van der Waals surface area contributed by atoms with Crippen molar-refractivity contribution < 1.29 is 14.3 Å². The van der Waals surface area contributed by atoms with E-state index in [1.54, 1.807) is 13.8 Å². The summed E-state index contributed by atoms with van der Waals surface area (Å²) in [6, 6.07) is 0. The van der Waals surface area contributed by atoms with E-state index in [0.717, 1.165) is 13.0 Å². The van der Waals surface area contributed by atoms with Crippen LogP contribution in [0.1, 0.15) is 40.5 Å². The van der Waals surface area contributed by atoms with Crippen molar-refractivity contribution in [1.82, 2.24) is 0 Å². The van der Waals surface area contributed by atoms with Crippen molar-refractivity contribution in [3.63, 3.8) is 0 Å². The Balaban J connectivity index is 3.69. The first-order valence-corrected chi connectivity index (χ1v) is 5.94. The predicted octanol–water partition coefficient (Wildman–Crippen LogP) is 1.72. The number of carbonyl (C=O) groups is 1. The van der Waals surface area contributed by atoms with E-state index in [4.69, 9.17) is 15.2 Å². The van der Waals surface area contributed by atoms with E-state index in [1.165, 1.54) is 0 Å². The summed E-state index contributed by atoms with van der Waals surface area (Å²) in [5.74, 6) is 0.275. The molecular weight excluding hydrogens is 206 g/mol. The Morgan fingerprint density at radius 2 is 2.00 bits per heavy atom. The molecule has 0 radical (unpaired) electrons. The zero-order chi connectivity index (χ0) is 12.6. The molecular formula is C12H25NO3. The number of hydrogen-bond donors (Lipinski definition) is 1. The van der Waals surface area contributed by atoms with E-state index in [1.807, 2.05) is 0 Å². The number of carbonyl (C=O) groups excluding carboxylic acids is 1. The summed E-state index contributed by atoms with van der Waals surface area (Å²) in [6.45, 7) is 9.32. The Kier molecular flexibility index (Phi) is 7.34. The second kappa shape index (κ2) is 7.63. The molecule has 0 aromatic heterocycles. The van der Waals surface area contributed by atoms with Crippen molar-refractivity contribution in [3.05, 3.63) is 0 Å². The summed E-state index contributed by atoms with van der Waals surface area (Å²) in [7, 11) is 0. The molecule has 16 heavy (non-hydrogen) atoms. The van der Waals surface area contributed by atoms with Crippen molar-refractivity contribution in [1.29, 1.82) is 0 Å². The number of nitrogens with two attached hydrogens (primary N) is 1. The van der Waals surface area contributed by atoms with Crippen LogP contribution in [0.2, 0.25) is 0 Å². The maximum absolute atomic E-state index is 11.4. The summed E-state index contributed by atoms with van der Waals surface area (Å²) in [5.41, 5.74) is 4.90. The van der Waals surface area contributed by atoms with Crippen LogP contribution in [0.25, 0.3) is 0 Å².